The third-order valence-electron chi connectivity index (χ3n) is 2.51. The summed E-state index contributed by atoms with van der Waals surface area (Å²) >= 11 is 0. The first-order chi connectivity index (χ1) is 8.81. The minimum Gasteiger partial charge on any atom is -0.497 e. The molecule has 0 spiro atoms. The monoisotopic (exact) mass is 239 g/mol. The third kappa shape index (κ3) is 3.04. The van der Waals surface area contributed by atoms with E-state index in [1.54, 1.807) is 25.5 Å². The lowest BCUT2D eigenvalue weighted by molar-refractivity contribution is 0.112. The Morgan fingerprint density at radius 3 is 2.11 bits per heavy atom. The fourth-order valence-electron chi connectivity index (χ4n) is 1.48. The number of nitrogens with zero attached hydrogens (tertiary/aromatic N) is 1. The zero-order valence-electron chi connectivity index (χ0n) is 10.0. The van der Waals surface area contributed by atoms with E-state index in [1.807, 2.05) is 36.4 Å². The summed E-state index contributed by atoms with van der Waals surface area (Å²) < 4.78 is 5.07. The van der Waals surface area contributed by atoms with Crippen molar-refractivity contribution in [1.82, 2.24) is 0 Å². The van der Waals surface area contributed by atoms with E-state index in [0.29, 0.717) is 5.56 Å². The fraction of sp³-hybridized carbons (Fsp3) is 0.0667. The number of hydrogen-bond donors (Lipinski definition) is 0. The molecule has 2 rings (SSSR count). The molecule has 0 amide bonds. The Labute approximate surface area is 106 Å². The van der Waals surface area contributed by atoms with E-state index in [0.717, 1.165) is 23.3 Å². The van der Waals surface area contributed by atoms with Crippen molar-refractivity contribution in [2.24, 2.45) is 4.99 Å². The van der Waals surface area contributed by atoms with E-state index in [4.69, 9.17) is 4.74 Å². The van der Waals surface area contributed by atoms with Crippen LogP contribution in [0.1, 0.15) is 15.9 Å². The second-order valence-corrected chi connectivity index (χ2v) is 3.74. The van der Waals surface area contributed by atoms with Crippen molar-refractivity contribution in [2.75, 3.05) is 7.11 Å². The first-order valence-corrected chi connectivity index (χ1v) is 5.55. The number of aliphatic imine (C=N–C) groups is 1. The zero-order chi connectivity index (χ0) is 12.8. The van der Waals surface area contributed by atoms with Crippen molar-refractivity contribution in [3.05, 3.63) is 59.7 Å². The topological polar surface area (TPSA) is 38.7 Å². The summed E-state index contributed by atoms with van der Waals surface area (Å²) in [6.07, 6.45) is 2.58. The standard InChI is InChI=1S/C15H13NO2/c1-18-15-8-6-14(7-9-15)16-10-12-2-4-13(11-17)5-3-12/h2-11H,1H3. The molecule has 2 aromatic carbocycles. The second-order valence-electron chi connectivity index (χ2n) is 3.74. The van der Waals surface area contributed by atoms with Crippen molar-refractivity contribution >= 4 is 18.2 Å². The Bertz CT molecular complexity index is 542. The summed E-state index contributed by atoms with van der Waals surface area (Å²) in [5.41, 5.74) is 2.48. The van der Waals surface area contributed by atoms with E-state index < -0.39 is 0 Å². The molecule has 0 aromatic heterocycles. The lowest BCUT2D eigenvalue weighted by Gasteiger charge is -1.99. The molecule has 0 saturated carbocycles. The van der Waals surface area contributed by atoms with Gasteiger partial charge in [0.1, 0.15) is 12.0 Å². The van der Waals surface area contributed by atoms with E-state index in [9.17, 15) is 4.79 Å². The highest BCUT2D eigenvalue weighted by Crippen LogP contribution is 2.17. The Kier molecular flexibility index (Phi) is 3.86. The summed E-state index contributed by atoms with van der Waals surface area (Å²) in [6.45, 7) is 0. The lowest BCUT2D eigenvalue weighted by atomic mass is 10.2. The van der Waals surface area contributed by atoms with Crippen molar-refractivity contribution in [3.8, 4) is 5.75 Å². The molecule has 3 heteroatoms. The van der Waals surface area contributed by atoms with Crippen LogP contribution in [-0.2, 0) is 0 Å². The predicted octanol–water partition coefficient (Wildman–Crippen LogP) is 3.26. The van der Waals surface area contributed by atoms with Gasteiger partial charge in [0, 0.05) is 11.8 Å². The van der Waals surface area contributed by atoms with Crippen LogP contribution >= 0.6 is 0 Å². The number of carbonyl (C=O) groups is 1. The molecule has 90 valence electrons. The minimum absolute atomic E-state index is 0.664. The first-order valence-electron chi connectivity index (χ1n) is 5.55. The Hall–Kier alpha value is -2.42. The first kappa shape index (κ1) is 12.0. The summed E-state index contributed by atoms with van der Waals surface area (Å²) in [5, 5.41) is 0. The molecular weight excluding hydrogens is 226 g/mol. The van der Waals surface area contributed by atoms with Gasteiger partial charge < -0.3 is 4.74 Å². The molecule has 2 aromatic rings. The van der Waals surface area contributed by atoms with Gasteiger partial charge in [0.05, 0.1) is 12.8 Å². The molecule has 0 saturated heterocycles. The van der Waals surface area contributed by atoms with Gasteiger partial charge in [-0.1, -0.05) is 24.3 Å². The van der Waals surface area contributed by atoms with Crippen LogP contribution < -0.4 is 4.74 Å². The number of carbonyl (C=O) groups excluding carboxylic acids is 1. The van der Waals surface area contributed by atoms with E-state index >= 15 is 0 Å². The van der Waals surface area contributed by atoms with Gasteiger partial charge in [0.2, 0.25) is 0 Å². The normalized spacial score (nSPS) is 10.5. The van der Waals surface area contributed by atoms with Gasteiger partial charge in [0.15, 0.2) is 0 Å². The quantitative estimate of drug-likeness (QED) is 0.606. The highest BCUT2D eigenvalue weighted by molar-refractivity contribution is 5.84. The highest BCUT2D eigenvalue weighted by atomic mass is 16.5. The SMILES string of the molecule is COc1ccc(N=Cc2ccc(C=O)cc2)cc1. The number of methoxy groups -OCH3 is 1. The number of benzene rings is 2. The lowest BCUT2D eigenvalue weighted by Crippen LogP contribution is -1.83. The molecule has 0 atom stereocenters. The van der Waals surface area contributed by atoms with E-state index in [2.05, 4.69) is 4.99 Å². The number of rotatable bonds is 4. The molecule has 0 unspecified atom stereocenters. The Morgan fingerprint density at radius 1 is 0.944 bits per heavy atom. The minimum atomic E-state index is 0.664. The second kappa shape index (κ2) is 5.77. The van der Waals surface area contributed by atoms with Gasteiger partial charge >= 0.3 is 0 Å². The smallest absolute Gasteiger partial charge is 0.150 e. The van der Waals surface area contributed by atoms with Crippen LogP contribution in [0.4, 0.5) is 5.69 Å². The fourth-order valence-corrected chi connectivity index (χ4v) is 1.48. The molecule has 0 aliphatic heterocycles. The third-order valence-corrected chi connectivity index (χ3v) is 2.51. The van der Waals surface area contributed by atoms with E-state index in [-0.39, 0.29) is 0 Å². The van der Waals surface area contributed by atoms with Crippen molar-refractivity contribution in [2.45, 2.75) is 0 Å². The molecule has 0 heterocycles. The van der Waals surface area contributed by atoms with Crippen LogP contribution in [0.3, 0.4) is 0 Å². The maximum Gasteiger partial charge on any atom is 0.150 e. The molecule has 0 bridgehead atoms. The highest BCUT2D eigenvalue weighted by Gasteiger charge is 1.92. The number of hydrogen-bond acceptors (Lipinski definition) is 3. The predicted molar refractivity (Wildman–Crippen MR) is 72.1 cm³/mol. The average molecular weight is 239 g/mol. The maximum absolute atomic E-state index is 10.5. The number of ether oxygens (including phenoxy) is 1. The van der Waals surface area contributed by atoms with Gasteiger partial charge in [-0.05, 0) is 29.8 Å². The van der Waals surface area contributed by atoms with Gasteiger partial charge in [0.25, 0.3) is 0 Å². The van der Waals surface area contributed by atoms with Gasteiger partial charge in [-0.2, -0.15) is 0 Å². The summed E-state index contributed by atoms with van der Waals surface area (Å²) in [6, 6.07) is 14.7. The van der Waals surface area contributed by atoms with Crippen LogP contribution in [0.25, 0.3) is 0 Å². The molecule has 0 aliphatic rings. The van der Waals surface area contributed by atoms with Crippen molar-refractivity contribution in [1.29, 1.82) is 0 Å². The largest absolute Gasteiger partial charge is 0.497 e. The van der Waals surface area contributed by atoms with Crippen LogP contribution in [-0.4, -0.2) is 19.6 Å². The molecule has 0 fully saturated rings. The zero-order valence-corrected chi connectivity index (χ0v) is 10.0. The van der Waals surface area contributed by atoms with Crippen molar-refractivity contribution < 1.29 is 9.53 Å². The number of aldehydes is 1. The van der Waals surface area contributed by atoms with Gasteiger partial charge in [-0.3, -0.25) is 9.79 Å². The average Bonchev–Trinajstić information content (AvgIpc) is 2.46. The van der Waals surface area contributed by atoms with Gasteiger partial charge in [-0.15, -0.1) is 0 Å². The molecule has 18 heavy (non-hydrogen) atoms. The Balaban J connectivity index is 2.10. The van der Waals surface area contributed by atoms with Crippen molar-refractivity contribution in [3.63, 3.8) is 0 Å². The maximum atomic E-state index is 10.5. The molecular formula is C15H13NO2. The van der Waals surface area contributed by atoms with E-state index in [1.165, 1.54) is 0 Å². The van der Waals surface area contributed by atoms with Crippen LogP contribution in [0, 0.1) is 0 Å². The molecule has 0 aliphatic carbocycles. The summed E-state index contributed by atoms with van der Waals surface area (Å²) in [7, 11) is 1.63. The summed E-state index contributed by atoms with van der Waals surface area (Å²) in [5.74, 6) is 0.810. The van der Waals surface area contributed by atoms with Crippen LogP contribution in [0.15, 0.2) is 53.5 Å². The molecule has 3 nitrogen and oxygen atoms in total. The summed E-state index contributed by atoms with van der Waals surface area (Å²) in [4.78, 5) is 14.9. The van der Waals surface area contributed by atoms with Crippen LogP contribution in [0.2, 0.25) is 0 Å². The van der Waals surface area contributed by atoms with Gasteiger partial charge in [-0.25, -0.2) is 0 Å². The molecule has 0 N–H and O–H groups in total. The Morgan fingerprint density at radius 2 is 1.56 bits per heavy atom. The van der Waals surface area contributed by atoms with Crippen LogP contribution in [0.5, 0.6) is 5.75 Å². The molecule has 0 radical (unpaired) electrons.